The Labute approximate surface area is 145 Å². The molecule has 4 rings (SSSR count). The molecule has 2 aromatic rings. The van der Waals surface area contributed by atoms with Crippen molar-refractivity contribution < 1.29 is 9.53 Å². The van der Waals surface area contributed by atoms with E-state index in [1.54, 1.807) is 10.9 Å². The number of fused-ring (bicyclic) bond motifs is 1. The van der Waals surface area contributed by atoms with E-state index < -0.39 is 0 Å². The number of aryl methyl sites for hydroxylation is 1. The first kappa shape index (κ1) is 15.3. The molecule has 24 heavy (non-hydrogen) atoms. The topological polar surface area (TPSA) is 50.6 Å². The van der Waals surface area contributed by atoms with Crippen molar-refractivity contribution in [1.82, 2.24) is 14.7 Å². The summed E-state index contributed by atoms with van der Waals surface area (Å²) in [6.45, 7) is 4.44. The van der Waals surface area contributed by atoms with E-state index in [0.717, 1.165) is 36.8 Å². The van der Waals surface area contributed by atoms with Gasteiger partial charge in [-0.3, -0.25) is 4.79 Å². The van der Waals surface area contributed by atoms with Crippen LogP contribution in [-0.4, -0.2) is 53.4 Å². The van der Waals surface area contributed by atoms with Crippen LogP contribution in [0.1, 0.15) is 16.8 Å². The third kappa shape index (κ3) is 2.82. The van der Waals surface area contributed by atoms with Gasteiger partial charge in [0.15, 0.2) is 0 Å². The number of carbonyl (C=O) groups is 1. The minimum Gasteiger partial charge on any atom is -0.477 e. The Kier molecular flexibility index (Phi) is 4.06. The second-order valence-corrected chi connectivity index (χ2v) is 6.48. The zero-order chi connectivity index (χ0) is 16.5. The van der Waals surface area contributed by atoms with Gasteiger partial charge in [-0.25, -0.2) is 4.68 Å². The molecule has 2 aliphatic heterocycles. The summed E-state index contributed by atoms with van der Waals surface area (Å²) in [5.74, 6) is 0.625. The van der Waals surface area contributed by atoms with Crippen LogP contribution < -0.4 is 9.64 Å². The fourth-order valence-electron chi connectivity index (χ4n) is 3.21. The molecule has 1 fully saturated rings. The van der Waals surface area contributed by atoms with Crippen molar-refractivity contribution >= 4 is 23.2 Å². The maximum atomic E-state index is 12.8. The summed E-state index contributed by atoms with van der Waals surface area (Å²) in [6, 6.07) is 7.82. The number of benzene rings is 1. The third-order valence-corrected chi connectivity index (χ3v) is 4.79. The fraction of sp³-hybridized carbons (Fsp3) is 0.412. The molecule has 0 N–H and O–H groups in total. The Hall–Kier alpha value is -2.21. The van der Waals surface area contributed by atoms with Crippen LogP contribution in [0, 0.1) is 0 Å². The molecule has 1 aromatic heterocycles. The highest BCUT2D eigenvalue weighted by atomic mass is 35.5. The van der Waals surface area contributed by atoms with Crippen molar-refractivity contribution in [3.8, 4) is 5.88 Å². The van der Waals surface area contributed by atoms with Crippen LogP contribution in [0.5, 0.6) is 5.88 Å². The molecule has 1 saturated heterocycles. The molecule has 0 saturated carbocycles. The van der Waals surface area contributed by atoms with Crippen molar-refractivity contribution in [3.63, 3.8) is 0 Å². The minimum absolute atomic E-state index is 0.00825. The van der Waals surface area contributed by atoms with Crippen LogP contribution in [-0.2, 0) is 6.54 Å². The Bertz CT molecular complexity index is 736. The zero-order valence-corrected chi connectivity index (χ0v) is 14.1. The molecule has 3 heterocycles. The van der Waals surface area contributed by atoms with E-state index in [9.17, 15) is 4.79 Å². The van der Waals surface area contributed by atoms with Gasteiger partial charge < -0.3 is 14.5 Å². The first-order valence-corrected chi connectivity index (χ1v) is 8.58. The molecule has 6 nitrogen and oxygen atoms in total. The normalized spacial score (nSPS) is 17.4. The van der Waals surface area contributed by atoms with E-state index in [0.29, 0.717) is 31.1 Å². The molecule has 126 valence electrons. The van der Waals surface area contributed by atoms with Crippen LogP contribution >= 0.6 is 11.6 Å². The lowest BCUT2D eigenvalue weighted by Crippen LogP contribution is -2.48. The number of nitrogens with zero attached hydrogens (tertiary/aromatic N) is 4. The number of aromatic nitrogens is 2. The van der Waals surface area contributed by atoms with Gasteiger partial charge in [-0.05, 0) is 24.3 Å². The number of hydrogen-bond acceptors (Lipinski definition) is 4. The van der Waals surface area contributed by atoms with E-state index in [1.807, 2.05) is 29.2 Å². The molecule has 0 bridgehead atoms. The number of piperazine rings is 1. The maximum absolute atomic E-state index is 12.8. The van der Waals surface area contributed by atoms with E-state index in [-0.39, 0.29) is 5.91 Å². The maximum Gasteiger partial charge on any atom is 0.261 e. The van der Waals surface area contributed by atoms with Crippen molar-refractivity contribution in [3.05, 3.63) is 41.0 Å². The van der Waals surface area contributed by atoms with Gasteiger partial charge in [-0.2, -0.15) is 5.10 Å². The van der Waals surface area contributed by atoms with Gasteiger partial charge in [0.05, 0.1) is 12.8 Å². The van der Waals surface area contributed by atoms with Gasteiger partial charge in [0, 0.05) is 49.9 Å². The van der Waals surface area contributed by atoms with E-state index in [1.165, 1.54) is 0 Å². The van der Waals surface area contributed by atoms with Crippen LogP contribution in [0.25, 0.3) is 0 Å². The monoisotopic (exact) mass is 346 g/mol. The SMILES string of the molecule is O=C(c1cnn2c1OCCC2)N1CCN(c2ccc(Cl)cc2)CC1. The number of halogens is 1. The lowest BCUT2D eigenvalue weighted by atomic mass is 10.2. The summed E-state index contributed by atoms with van der Waals surface area (Å²) >= 11 is 5.94. The van der Waals surface area contributed by atoms with Crippen molar-refractivity contribution in [1.29, 1.82) is 0 Å². The second kappa shape index (κ2) is 6.36. The van der Waals surface area contributed by atoms with E-state index in [4.69, 9.17) is 16.3 Å². The van der Waals surface area contributed by atoms with E-state index >= 15 is 0 Å². The number of ether oxygens (including phenoxy) is 1. The van der Waals surface area contributed by atoms with Crippen molar-refractivity contribution in [2.24, 2.45) is 0 Å². The standard InChI is InChI=1S/C17H19ClN4O2/c18-13-2-4-14(5-3-13)20-7-9-21(10-8-20)16(23)15-12-19-22-6-1-11-24-17(15)22/h2-5,12H,1,6-11H2. The predicted molar refractivity (Wildman–Crippen MR) is 91.9 cm³/mol. The van der Waals surface area contributed by atoms with Crippen molar-refractivity contribution in [2.45, 2.75) is 13.0 Å². The quantitative estimate of drug-likeness (QED) is 0.837. The molecular formula is C17H19ClN4O2. The molecule has 0 spiro atoms. The second-order valence-electron chi connectivity index (χ2n) is 6.04. The Balaban J connectivity index is 1.43. The molecule has 0 atom stereocenters. The van der Waals surface area contributed by atoms with E-state index in [2.05, 4.69) is 10.00 Å². The molecule has 1 amide bonds. The summed E-state index contributed by atoms with van der Waals surface area (Å²) in [7, 11) is 0. The summed E-state index contributed by atoms with van der Waals surface area (Å²) in [6.07, 6.45) is 2.57. The average Bonchev–Trinajstić information content (AvgIpc) is 3.06. The Morgan fingerprint density at radius 2 is 1.83 bits per heavy atom. The Morgan fingerprint density at radius 1 is 1.08 bits per heavy atom. The largest absolute Gasteiger partial charge is 0.477 e. The molecule has 0 unspecified atom stereocenters. The smallest absolute Gasteiger partial charge is 0.261 e. The number of hydrogen-bond donors (Lipinski definition) is 0. The molecule has 1 aromatic carbocycles. The minimum atomic E-state index is 0.00825. The van der Waals surface area contributed by atoms with Gasteiger partial charge in [-0.1, -0.05) is 11.6 Å². The van der Waals surface area contributed by atoms with Gasteiger partial charge in [0.1, 0.15) is 5.56 Å². The Morgan fingerprint density at radius 3 is 2.58 bits per heavy atom. The fourth-order valence-corrected chi connectivity index (χ4v) is 3.33. The summed E-state index contributed by atoms with van der Waals surface area (Å²) in [4.78, 5) is 16.9. The van der Waals surface area contributed by atoms with Gasteiger partial charge >= 0.3 is 0 Å². The number of amides is 1. The summed E-state index contributed by atoms with van der Waals surface area (Å²) in [5.41, 5.74) is 1.72. The lowest BCUT2D eigenvalue weighted by molar-refractivity contribution is 0.0740. The first-order chi connectivity index (χ1) is 11.7. The number of rotatable bonds is 2. The highest BCUT2D eigenvalue weighted by Crippen LogP contribution is 2.25. The van der Waals surface area contributed by atoms with Crippen LogP contribution in [0.15, 0.2) is 30.5 Å². The zero-order valence-electron chi connectivity index (χ0n) is 13.3. The lowest BCUT2D eigenvalue weighted by Gasteiger charge is -2.36. The highest BCUT2D eigenvalue weighted by Gasteiger charge is 2.28. The average molecular weight is 347 g/mol. The first-order valence-electron chi connectivity index (χ1n) is 8.21. The van der Waals surface area contributed by atoms with Crippen LogP contribution in [0.3, 0.4) is 0 Å². The molecule has 0 aliphatic carbocycles. The number of anilines is 1. The van der Waals surface area contributed by atoms with Gasteiger partial charge in [0.2, 0.25) is 5.88 Å². The highest BCUT2D eigenvalue weighted by molar-refractivity contribution is 6.30. The molecule has 0 radical (unpaired) electrons. The van der Waals surface area contributed by atoms with Crippen LogP contribution in [0.2, 0.25) is 5.02 Å². The van der Waals surface area contributed by atoms with Crippen molar-refractivity contribution in [2.75, 3.05) is 37.7 Å². The third-order valence-electron chi connectivity index (χ3n) is 4.53. The molecular weight excluding hydrogens is 328 g/mol. The molecule has 2 aliphatic rings. The predicted octanol–water partition coefficient (Wildman–Crippen LogP) is 2.28. The summed E-state index contributed by atoms with van der Waals surface area (Å²) in [5, 5.41) is 5.00. The molecule has 7 heteroatoms. The van der Waals surface area contributed by atoms with Crippen LogP contribution in [0.4, 0.5) is 5.69 Å². The number of carbonyl (C=O) groups excluding carboxylic acids is 1. The van der Waals surface area contributed by atoms with Gasteiger partial charge in [-0.15, -0.1) is 0 Å². The summed E-state index contributed by atoms with van der Waals surface area (Å²) < 4.78 is 7.42. The van der Waals surface area contributed by atoms with Gasteiger partial charge in [0.25, 0.3) is 5.91 Å².